The van der Waals surface area contributed by atoms with Gasteiger partial charge in [-0.05, 0) is 65.9 Å². The maximum atomic E-state index is 13.3. The third-order valence-electron chi connectivity index (χ3n) is 5.72. The molecule has 224 valence electrons. The second-order valence-electron chi connectivity index (χ2n) is 8.82. The number of benzene rings is 3. The predicted octanol–water partition coefficient (Wildman–Crippen LogP) is 3.63. The highest BCUT2D eigenvalue weighted by Crippen LogP contribution is 2.28. The van der Waals surface area contributed by atoms with Crippen LogP contribution in [0.2, 0.25) is 0 Å². The second-order valence-corrected chi connectivity index (χ2v) is 9.81. The van der Waals surface area contributed by atoms with Gasteiger partial charge in [0.25, 0.3) is 11.8 Å². The Morgan fingerprint density at radius 3 is 2.21 bits per heavy atom. The lowest BCUT2D eigenvalue weighted by molar-refractivity contribution is -0.120. The minimum atomic E-state index is -0.676. The lowest BCUT2D eigenvalue weighted by Gasteiger charge is -2.23. The van der Waals surface area contributed by atoms with Crippen LogP contribution in [0.15, 0.2) is 60.7 Å². The minimum absolute atomic E-state index is 0.0567. The zero-order chi connectivity index (χ0) is 31.2. The zero-order valence-electron chi connectivity index (χ0n) is 23.9. The number of halogens is 1. The van der Waals surface area contributed by atoms with Crippen LogP contribution in [-0.2, 0) is 28.3 Å². The van der Waals surface area contributed by atoms with E-state index in [0.717, 1.165) is 11.1 Å². The molecule has 8 N–H and O–H groups in total. The molecular weight excluding hydrogens is 559 g/mol. The van der Waals surface area contributed by atoms with E-state index in [1.807, 2.05) is 26.8 Å². The van der Waals surface area contributed by atoms with Crippen molar-refractivity contribution in [3.05, 3.63) is 94.3 Å². The van der Waals surface area contributed by atoms with Crippen molar-refractivity contribution in [1.82, 2.24) is 5.32 Å². The van der Waals surface area contributed by atoms with Gasteiger partial charge in [0.1, 0.15) is 23.9 Å². The molecule has 0 atom stereocenters. The number of hydrogen-bond acceptors (Lipinski definition) is 7. The van der Waals surface area contributed by atoms with Gasteiger partial charge in [0.05, 0.1) is 0 Å². The van der Waals surface area contributed by atoms with Gasteiger partial charge in [-0.3, -0.25) is 19.8 Å². The van der Waals surface area contributed by atoms with Crippen LogP contribution in [-0.4, -0.2) is 36.7 Å². The molecule has 0 fully saturated rings. The van der Waals surface area contributed by atoms with E-state index in [0.29, 0.717) is 34.6 Å². The fraction of sp³-hybridized carbons (Fsp3) is 0.267. The van der Waals surface area contributed by atoms with E-state index < -0.39 is 11.8 Å². The molecule has 12 heteroatoms. The Morgan fingerprint density at radius 1 is 0.929 bits per heavy atom. The number of anilines is 1. The summed E-state index contributed by atoms with van der Waals surface area (Å²) in [4.78, 5) is 36.3. The monoisotopic (exact) mass is 596 g/mol. The van der Waals surface area contributed by atoms with Gasteiger partial charge in [-0.15, -0.1) is 0 Å². The molecule has 3 amide bonds. The summed E-state index contributed by atoms with van der Waals surface area (Å²) >= 11 is 1.32. The first kappa shape index (κ1) is 33.6. The fourth-order valence-corrected chi connectivity index (χ4v) is 4.64. The first-order chi connectivity index (χ1) is 20.0. The number of amides is 3. The molecule has 0 saturated carbocycles. The number of nitrogens with two attached hydrogens (primary N) is 3. The maximum absolute atomic E-state index is 13.3. The lowest BCUT2D eigenvalue weighted by Crippen LogP contribution is -2.29. The molecule has 3 aromatic carbocycles. The summed E-state index contributed by atoms with van der Waals surface area (Å²) in [5, 5.41) is 10.5. The number of aryl methyl sites for hydroxylation is 1. The van der Waals surface area contributed by atoms with Crippen LogP contribution in [0, 0.1) is 11.2 Å². The van der Waals surface area contributed by atoms with Crippen LogP contribution >= 0.6 is 11.9 Å². The van der Waals surface area contributed by atoms with E-state index in [4.69, 9.17) is 27.3 Å². The summed E-state index contributed by atoms with van der Waals surface area (Å²) in [5.74, 6) is -1.40. The third kappa shape index (κ3) is 10.4. The number of rotatable bonds is 14. The molecule has 0 aliphatic heterocycles. The van der Waals surface area contributed by atoms with Crippen molar-refractivity contribution < 1.29 is 23.5 Å². The number of nitrogens with zero attached hydrogens (tertiary/aromatic N) is 1. The lowest BCUT2D eigenvalue weighted by atomic mass is 10.1. The van der Waals surface area contributed by atoms with Crippen LogP contribution in [0.3, 0.4) is 0 Å². The van der Waals surface area contributed by atoms with Gasteiger partial charge in [-0.1, -0.05) is 45.0 Å². The van der Waals surface area contributed by atoms with Crippen molar-refractivity contribution in [2.75, 3.05) is 17.5 Å². The number of hydrogen-bond donors (Lipinski definition) is 5. The number of carbonyl (C=O) groups excluding carboxylic acids is 3. The number of carbonyl (C=O) groups is 3. The van der Waals surface area contributed by atoms with Crippen LogP contribution in [0.1, 0.15) is 53.4 Å². The van der Waals surface area contributed by atoms with Crippen LogP contribution in [0.25, 0.3) is 0 Å². The standard InChI is InChI=1S/C28H31FN6O4S.C2H6/c1-2-17-9-21(11-23(10-17)35(14-25(30)36)40-16-18-3-7-22(29)8-4-18)28(38)34-13-20-6-5-19(27(32)33)12-24(20)39-15-26(31)37;1-2/h3-12H,2,13-16H2,1H3,(H2,30,36)(H2,31,37)(H3,32,33)(H,34,38);1-2H3. The zero-order valence-corrected chi connectivity index (χ0v) is 24.7. The molecule has 0 heterocycles. The Balaban J connectivity index is 0.00000301. The molecule has 0 aromatic heterocycles. The van der Waals surface area contributed by atoms with Gasteiger partial charge in [-0.25, -0.2) is 4.39 Å². The van der Waals surface area contributed by atoms with Gasteiger partial charge in [0.15, 0.2) is 6.61 Å². The van der Waals surface area contributed by atoms with Gasteiger partial charge in [0.2, 0.25) is 5.91 Å². The Labute approximate surface area is 249 Å². The topological polar surface area (TPSA) is 178 Å². The second kappa shape index (κ2) is 16.6. The van der Waals surface area contributed by atoms with Crippen LogP contribution in [0.5, 0.6) is 5.75 Å². The quantitative estimate of drug-likeness (QED) is 0.107. The molecule has 0 unspecified atom stereocenters. The van der Waals surface area contributed by atoms with Crippen molar-refractivity contribution >= 4 is 41.2 Å². The van der Waals surface area contributed by atoms with Crippen molar-refractivity contribution in [1.29, 1.82) is 5.41 Å². The summed E-state index contributed by atoms with van der Waals surface area (Å²) in [6, 6.07) is 16.1. The molecular formula is C30H37FN6O4S. The van der Waals surface area contributed by atoms with Crippen LogP contribution < -0.4 is 31.6 Å². The SMILES string of the molecule is CC.CCc1cc(C(=O)NCc2ccc(C(=N)N)cc2OCC(N)=O)cc(N(CC(N)=O)SCc2ccc(F)cc2)c1. The average Bonchev–Trinajstić information content (AvgIpc) is 2.98. The summed E-state index contributed by atoms with van der Waals surface area (Å²) in [7, 11) is 0. The Bertz CT molecular complexity index is 1400. The number of primary amides is 2. The number of nitrogen functional groups attached to an aromatic ring is 1. The Hall–Kier alpha value is -4.58. The molecule has 0 radical (unpaired) electrons. The largest absolute Gasteiger partial charge is 0.483 e. The van der Waals surface area contributed by atoms with Crippen molar-refractivity contribution in [2.45, 2.75) is 39.5 Å². The summed E-state index contributed by atoms with van der Waals surface area (Å²) < 4.78 is 20.5. The van der Waals surface area contributed by atoms with E-state index in [1.165, 1.54) is 30.1 Å². The van der Waals surface area contributed by atoms with Crippen molar-refractivity contribution in [3.8, 4) is 5.75 Å². The predicted molar refractivity (Wildman–Crippen MR) is 165 cm³/mol. The molecule has 42 heavy (non-hydrogen) atoms. The highest BCUT2D eigenvalue weighted by atomic mass is 32.2. The van der Waals surface area contributed by atoms with Crippen LogP contribution in [0.4, 0.5) is 10.1 Å². The Morgan fingerprint density at radius 2 is 1.62 bits per heavy atom. The van der Waals surface area contributed by atoms with Crippen molar-refractivity contribution in [3.63, 3.8) is 0 Å². The molecule has 0 aliphatic carbocycles. The summed E-state index contributed by atoms with van der Waals surface area (Å²) in [5.41, 5.74) is 19.9. The molecule has 0 spiro atoms. The average molecular weight is 597 g/mol. The van der Waals surface area contributed by atoms with E-state index >= 15 is 0 Å². The van der Waals surface area contributed by atoms with Gasteiger partial charge < -0.3 is 31.6 Å². The first-order valence-corrected chi connectivity index (χ1v) is 14.2. The highest BCUT2D eigenvalue weighted by molar-refractivity contribution is 7.99. The van der Waals surface area contributed by atoms with Gasteiger partial charge in [-0.2, -0.15) is 0 Å². The summed E-state index contributed by atoms with van der Waals surface area (Å²) in [6.07, 6.45) is 0.638. The van der Waals surface area contributed by atoms with Crippen molar-refractivity contribution in [2.24, 2.45) is 17.2 Å². The smallest absolute Gasteiger partial charge is 0.255 e. The first-order valence-electron chi connectivity index (χ1n) is 13.3. The normalized spacial score (nSPS) is 10.2. The molecule has 0 bridgehead atoms. The van der Waals surface area contributed by atoms with E-state index in [9.17, 15) is 18.8 Å². The fourth-order valence-electron chi connectivity index (χ4n) is 3.67. The molecule has 10 nitrogen and oxygen atoms in total. The molecule has 3 rings (SSSR count). The molecule has 3 aromatic rings. The van der Waals surface area contributed by atoms with E-state index in [2.05, 4.69) is 5.32 Å². The number of amidine groups is 1. The number of nitrogens with one attached hydrogen (secondary N) is 2. The van der Waals surface area contributed by atoms with E-state index in [-0.39, 0.29) is 43.0 Å². The van der Waals surface area contributed by atoms with Gasteiger partial charge in [0, 0.05) is 34.7 Å². The number of ether oxygens (including phenoxy) is 1. The van der Waals surface area contributed by atoms with E-state index in [1.54, 1.807) is 40.7 Å². The molecule has 0 saturated heterocycles. The summed E-state index contributed by atoms with van der Waals surface area (Å²) in [6.45, 7) is 5.53. The highest BCUT2D eigenvalue weighted by Gasteiger charge is 2.17. The minimum Gasteiger partial charge on any atom is -0.483 e. The molecule has 0 aliphatic rings. The Kier molecular flexibility index (Phi) is 13.3. The van der Waals surface area contributed by atoms with Gasteiger partial charge >= 0.3 is 0 Å². The maximum Gasteiger partial charge on any atom is 0.255 e. The third-order valence-corrected chi connectivity index (χ3v) is 6.84.